The van der Waals surface area contributed by atoms with Gasteiger partial charge in [0.05, 0.1) is 24.2 Å². The highest BCUT2D eigenvalue weighted by Gasteiger charge is 2.11. The lowest BCUT2D eigenvalue weighted by Crippen LogP contribution is -2.23. The molecule has 2 aromatic carbocycles. The quantitative estimate of drug-likeness (QED) is 0.581. The second-order valence-corrected chi connectivity index (χ2v) is 6.50. The number of nitrogens with one attached hydrogen (secondary N) is 1. The maximum absolute atomic E-state index is 11.6. The second-order valence-electron chi connectivity index (χ2n) is 6.50. The Balaban J connectivity index is 1.63. The summed E-state index contributed by atoms with van der Waals surface area (Å²) in [5.74, 6) is 1.82. The zero-order chi connectivity index (χ0) is 19.1. The van der Waals surface area contributed by atoms with Crippen LogP contribution >= 0.6 is 0 Å². The molecule has 5 heteroatoms. The molecular weight excluding hydrogens is 338 g/mol. The van der Waals surface area contributed by atoms with Crippen molar-refractivity contribution in [2.75, 3.05) is 6.61 Å². The van der Waals surface area contributed by atoms with Gasteiger partial charge in [0.2, 0.25) is 5.91 Å². The van der Waals surface area contributed by atoms with Crippen LogP contribution in [0.3, 0.4) is 0 Å². The smallest absolute Gasteiger partial charge is 0.220 e. The third-order valence-electron chi connectivity index (χ3n) is 4.62. The number of aromatic nitrogens is 2. The van der Waals surface area contributed by atoms with Crippen molar-refractivity contribution in [1.29, 1.82) is 0 Å². The van der Waals surface area contributed by atoms with Gasteiger partial charge in [0.15, 0.2) is 0 Å². The molecule has 0 aliphatic heterocycles. The van der Waals surface area contributed by atoms with Crippen LogP contribution in [0.2, 0.25) is 0 Å². The molecule has 0 saturated carbocycles. The predicted molar refractivity (Wildman–Crippen MR) is 108 cm³/mol. The molecule has 0 saturated heterocycles. The van der Waals surface area contributed by atoms with Gasteiger partial charge < -0.3 is 14.6 Å². The number of ether oxygens (including phenoxy) is 1. The van der Waals surface area contributed by atoms with Gasteiger partial charge >= 0.3 is 0 Å². The van der Waals surface area contributed by atoms with Gasteiger partial charge in [-0.3, -0.25) is 4.79 Å². The Labute approximate surface area is 160 Å². The SMILES string of the molecule is CCC(=O)NCc1nc2ccccc2n1CCCOc1ccc(CC)cc1. The van der Waals surface area contributed by atoms with E-state index in [1.54, 1.807) is 0 Å². The van der Waals surface area contributed by atoms with Crippen molar-refractivity contribution in [2.24, 2.45) is 0 Å². The van der Waals surface area contributed by atoms with Crippen LogP contribution < -0.4 is 10.1 Å². The molecule has 0 fully saturated rings. The summed E-state index contributed by atoms with van der Waals surface area (Å²) in [6.07, 6.45) is 2.38. The zero-order valence-corrected chi connectivity index (χ0v) is 16.1. The first kappa shape index (κ1) is 19.0. The van der Waals surface area contributed by atoms with Crippen molar-refractivity contribution in [1.82, 2.24) is 14.9 Å². The molecule has 5 nitrogen and oxygen atoms in total. The summed E-state index contributed by atoms with van der Waals surface area (Å²) in [7, 11) is 0. The Bertz CT molecular complexity index is 884. The topological polar surface area (TPSA) is 56.2 Å². The average Bonchev–Trinajstić information content (AvgIpc) is 3.07. The fourth-order valence-corrected chi connectivity index (χ4v) is 3.05. The zero-order valence-electron chi connectivity index (χ0n) is 16.1. The summed E-state index contributed by atoms with van der Waals surface area (Å²) in [6, 6.07) is 16.3. The minimum Gasteiger partial charge on any atom is -0.494 e. The Kier molecular flexibility index (Phi) is 6.47. The normalized spacial score (nSPS) is 10.9. The lowest BCUT2D eigenvalue weighted by Gasteiger charge is -2.11. The number of amides is 1. The van der Waals surface area contributed by atoms with Gasteiger partial charge in [0, 0.05) is 13.0 Å². The van der Waals surface area contributed by atoms with Crippen LogP contribution in [0.4, 0.5) is 0 Å². The summed E-state index contributed by atoms with van der Waals surface area (Å²) in [4.78, 5) is 16.3. The molecule has 3 rings (SSSR count). The molecule has 1 aromatic heterocycles. The number of para-hydroxylation sites is 2. The van der Waals surface area contributed by atoms with Crippen molar-refractivity contribution in [2.45, 2.75) is 46.2 Å². The van der Waals surface area contributed by atoms with Gasteiger partial charge in [0.25, 0.3) is 0 Å². The summed E-state index contributed by atoms with van der Waals surface area (Å²) < 4.78 is 8.04. The highest BCUT2D eigenvalue weighted by molar-refractivity contribution is 5.77. The van der Waals surface area contributed by atoms with Gasteiger partial charge in [0.1, 0.15) is 11.6 Å². The maximum atomic E-state index is 11.6. The van der Waals surface area contributed by atoms with Crippen molar-refractivity contribution in [3.8, 4) is 5.75 Å². The van der Waals surface area contributed by atoms with E-state index in [9.17, 15) is 4.79 Å². The minimum absolute atomic E-state index is 0.0347. The van der Waals surface area contributed by atoms with E-state index in [1.807, 2.05) is 37.3 Å². The molecule has 0 bridgehead atoms. The van der Waals surface area contributed by atoms with E-state index in [2.05, 4.69) is 40.0 Å². The van der Waals surface area contributed by atoms with Crippen molar-refractivity contribution >= 4 is 16.9 Å². The molecule has 0 spiro atoms. The number of aryl methyl sites for hydroxylation is 2. The van der Waals surface area contributed by atoms with Crippen LogP contribution in [-0.4, -0.2) is 22.1 Å². The fourth-order valence-electron chi connectivity index (χ4n) is 3.05. The number of hydrogen-bond acceptors (Lipinski definition) is 3. The van der Waals surface area contributed by atoms with Gasteiger partial charge in [-0.15, -0.1) is 0 Å². The van der Waals surface area contributed by atoms with Crippen LogP contribution in [0, 0.1) is 0 Å². The van der Waals surface area contributed by atoms with E-state index in [0.717, 1.165) is 42.0 Å². The summed E-state index contributed by atoms with van der Waals surface area (Å²) in [5, 5.41) is 2.92. The first-order valence-corrected chi connectivity index (χ1v) is 9.63. The monoisotopic (exact) mass is 365 g/mol. The fraction of sp³-hybridized carbons (Fsp3) is 0.364. The molecule has 142 valence electrons. The lowest BCUT2D eigenvalue weighted by molar-refractivity contribution is -0.120. The number of nitrogens with zero attached hydrogens (tertiary/aromatic N) is 2. The van der Waals surface area contributed by atoms with E-state index in [1.165, 1.54) is 5.56 Å². The highest BCUT2D eigenvalue weighted by atomic mass is 16.5. The van der Waals surface area contributed by atoms with Gasteiger partial charge in [-0.05, 0) is 42.7 Å². The Morgan fingerprint density at radius 1 is 1.11 bits per heavy atom. The molecule has 0 aliphatic carbocycles. The molecule has 3 aromatic rings. The number of carbonyl (C=O) groups is 1. The molecule has 1 amide bonds. The number of fused-ring (bicyclic) bond motifs is 1. The number of imidazole rings is 1. The van der Waals surface area contributed by atoms with Crippen LogP contribution in [0.5, 0.6) is 5.75 Å². The van der Waals surface area contributed by atoms with Crippen LogP contribution in [0.1, 0.15) is 38.1 Å². The largest absolute Gasteiger partial charge is 0.494 e. The standard InChI is InChI=1S/C22H27N3O2/c1-3-17-10-12-18(13-11-17)27-15-7-14-25-20-9-6-5-8-19(20)24-21(25)16-23-22(26)4-2/h5-6,8-13H,3-4,7,14-16H2,1-2H3,(H,23,26). The Morgan fingerprint density at radius 2 is 1.89 bits per heavy atom. The van der Waals surface area contributed by atoms with Gasteiger partial charge in [-0.1, -0.05) is 38.1 Å². The van der Waals surface area contributed by atoms with Gasteiger partial charge in [-0.2, -0.15) is 0 Å². The molecule has 0 atom stereocenters. The number of rotatable bonds is 9. The Hall–Kier alpha value is -2.82. The van der Waals surface area contributed by atoms with Gasteiger partial charge in [-0.25, -0.2) is 4.98 Å². The average molecular weight is 365 g/mol. The van der Waals surface area contributed by atoms with E-state index in [0.29, 0.717) is 19.6 Å². The molecule has 0 aliphatic rings. The molecule has 0 unspecified atom stereocenters. The van der Waals surface area contributed by atoms with E-state index >= 15 is 0 Å². The highest BCUT2D eigenvalue weighted by Crippen LogP contribution is 2.17. The van der Waals surface area contributed by atoms with Crippen LogP contribution in [-0.2, 0) is 24.3 Å². The first-order valence-electron chi connectivity index (χ1n) is 9.63. The summed E-state index contributed by atoms with van der Waals surface area (Å²) >= 11 is 0. The molecule has 0 radical (unpaired) electrons. The third kappa shape index (κ3) is 4.88. The van der Waals surface area contributed by atoms with Crippen LogP contribution in [0.25, 0.3) is 11.0 Å². The van der Waals surface area contributed by atoms with Crippen molar-refractivity contribution in [3.05, 3.63) is 59.9 Å². The number of hydrogen-bond donors (Lipinski definition) is 1. The summed E-state index contributed by atoms with van der Waals surface area (Å²) in [5.41, 5.74) is 3.35. The molecule has 1 N–H and O–H groups in total. The maximum Gasteiger partial charge on any atom is 0.220 e. The first-order chi connectivity index (χ1) is 13.2. The lowest BCUT2D eigenvalue weighted by atomic mass is 10.2. The van der Waals surface area contributed by atoms with E-state index in [-0.39, 0.29) is 5.91 Å². The molecular formula is C22H27N3O2. The third-order valence-corrected chi connectivity index (χ3v) is 4.62. The Morgan fingerprint density at radius 3 is 2.63 bits per heavy atom. The molecule has 1 heterocycles. The van der Waals surface area contributed by atoms with E-state index < -0.39 is 0 Å². The molecule has 27 heavy (non-hydrogen) atoms. The van der Waals surface area contributed by atoms with Crippen molar-refractivity contribution in [3.63, 3.8) is 0 Å². The summed E-state index contributed by atoms with van der Waals surface area (Å²) in [6.45, 7) is 5.87. The second kappa shape index (κ2) is 9.21. The number of benzene rings is 2. The van der Waals surface area contributed by atoms with Crippen LogP contribution in [0.15, 0.2) is 48.5 Å². The number of carbonyl (C=O) groups excluding carboxylic acids is 1. The van der Waals surface area contributed by atoms with Crippen molar-refractivity contribution < 1.29 is 9.53 Å². The van der Waals surface area contributed by atoms with E-state index in [4.69, 9.17) is 4.74 Å². The minimum atomic E-state index is 0.0347. The predicted octanol–water partition coefficient (Wildman–Crippen LogP) is 4.09.